The molecule has 0 aliphatic carbocycles. The molecule has 1 aromatic carbocycles. The van der Waals surface area contributed by atoms with Crippen LogP contribution in [0.5, 0.6) is 0 Å². The summed E-state index contributed by atoms with van der Waals surface area (Å²) in [7, 11) is 2.61. The Kier molecular flexibility index (Phi) is 4.27. The minimum Gasteiger partial charge on any atom is -0.467 e. The summed E-state index contributed by atoms with van der Waals surface area (Å²) < 4.78 is 9.42. The number of hydrogen-bond acceptors (Lipinski definition) is 4. The average Bonchev–Trinajstić information content (AvgIpc) is 2.30. The maximum absolute atomic E-state index is 11.3. The summed E-state index contributed by atoms with van der Waals surface area (Å²) in [5.41, 5.74) is 0.620. The number of aliphatic hydroxyl groups is 1. The van der Waals surface area contributed by atoms with Crippen LogP contribution in [0.25, 0.3) is 0 Å². The third kappa shape index (κ3) is 2.78. The maximum atomic E-state index is 11.3. The second-order valence-electron chi connectivity index (χ2n) is 3.03. The first-order valence-electron chi connectivity index (χ1n) is 4.54. The molecule has 0 saturated carbocycles. The van der Waals surface area contributed by atoms with Crippen molar-refractivity contribution in [2.75, 3.05) is 14.2 Å². The Labute approximate surface area is 88.4 Å². The lowest BCUT2D eigenvalue weighted by Crippen LogP contribution is -2.31. The molecule has 2 atom stereocenters. The molecule has 1 rings (SSSR count). The molecule has 0 amide bonds. The molecule has 0 spiro atoms. The minimum atomic E-state index is -1.01. The predicted molar refractivity (Wildman–Crippen MR) is 54.2 cm³/mol. The van der Waals surface area contributed by atoms with Crippen LogP contribution in [-0.2, 0) is 14.3 Å². The highest BCUT2D eigenvalue weighted by molar-refractivity contribution is 5.75. The second kappa shape index (κ2) is 5.48. The molecule has 4 heteroatoms. The molecule has 0 aromatic heterocycles. The van der Waals surface area contributed by atoms with Gasteiger partial charge in [-0.25, -0.2) is 4.79 Å². The summed E-state index contributed by atoms with van der Waals surface area (Å²) in [5, 5.41) is 9.86. The smallest absolute Gasteiger partial charge is 0.338 e. The van der Waals surface area contributed by atoms with E-state index in [4.69, 9.17) is 4.74 Å². The summed E-state index contributed by atoms with van der Waals surface area (Å²) in [6.07, 6.45) is -2.00. The Hall–Kier alpha value is -1.39. The van der Waals surface area contributed by atoms with Gasteiger partial charge in [-0.2, -0.15) is 0 Å². The molecule has 0 aliphatic heterocycles. The van der Waals surface area contributed by atoms with E-state index in [0.29, 0.717) is 5.56 Å². The van der Waals surface area contributed by atoms with Crippen molar-refractivity contribution in [2.24, 2.45) is 0 Å². The van der Waals surface area contributed by atoms with Gasteiger partial charge in [-0.05, 0) is 5.56 Å². The van der Waals surface area contributed by atoms with Crippen LogP contribution in [0.15, 0.2) is 30.3 Å². The normalized spacial score (nSPS) is 14.3. The fourth-order valence-corrected chi connectivity index (χ4v) is 1.30. The highest BCUT2D eigenvalue weighted by Gasteiger charge is 2.28. The van der Waals surface area contributed by atoms with Gasteiger partial charge in [0.05, 0.1) is 7.11 Å². The number of esters is 1. The van der Waals surface area contributed by atoms with Gasteiger partial charge in [0.15, 0.2) is 6.10 Å². The third-order valence-corrected chi connectivity index (χ3v) is 2.12. The topological polar surface area (TPSA) is 55.8 Å². The van der Waals surface area contributed by atoms with E-state index in [0.717, 1.165) is 0 Å². The fraction of sp³-hybridized carbons (Fsp3) is 0.364. The highest BCUT2D eigenvalue weighted by atomic mass is 16.6. The molecule has 4 nitrogen and oxygen atoms in total. The molecule has 0 heterocycles. The SMILES string of the molecule is COC(=O)[C@@H](OC)[C@H](O)c1ccccc1. The largest absolute Gasteiger partial charge is 0.467 e. The monoisotopic (exact) mass is 210 g/mol. The Bertz CT molecular complexity index is 310. The van der Waals surface area contributed by atoms with Gasteiger partial charge in [-0.1, -0.05) is 30.3 Å². The van der Waals surface area contributed by atoms with E-state index in [9.17, 15) is 9.90 Å². The van der Waals surface area contributed by atoms with Gasteiger partial charge in [-0.3, -0.25) is 0 Å². The van der Waals surface area contributed by atoms with Crippen molar-refractivity contribution in [2.45, 2.75) is 12.2 Å². The van der Waals surface area contributed by atoms with Gasteiger partial charge in [0.1, 0.15) is 6.10 Å². The molecule has 0 saturated heterocycles. The summed E-state index contributed by atoms with van der Waals surface area (Å²) in [4.78, 5) is 11.3. The number of ether oxygens (including phenoxy) is 2. The van der Waals surface area contributed by atoms with Crippen molar-refractivity contribution in [3.8, 4) is 0 Å². The zero-order valence-corrected chi connectivity index (χ0v) is 8.71. The van der Waals surface area contributed by atoms with Crippen LogP contribution in [0.1, 0.15) is 11.7 Å². The maximum Gasteiger partial charge on any atom is 0.338 e. The number of rotatable bonds is 4. The first-order chi connectivity index (χ1) is 7.20. The van der Waals surface area contributed by atoms with Crippen molar-refractivity contribution in [3.05, 3.63) is 35.9 Å². The summed E-state index contributed by atoms with van der Waals surface area (Å²) in [5.74, 6) is -0.589. The van der Waals surface area contributed by atoms with E-state index in [-0.39, 0.29) is 0 Å². The third-order valence-electron chi connectivity index (χ3n) is 2.12. The number of methoxy groups -OCH3 is 2. The first-order valence-corrected chi connectivity index (χ1v) is 4.54. The Morgan fingerprint density at radius 1 is 1.27 bits per heavy atom. The van der Waals surface area contributed by atoms with Crippen LogP contribution in [0.2, 0.25) is 0 Å². The van der Waals surface area contributed by atoms with Crippen molar-refractivity contribution < 1.29 is 19.4 Å². The molecular weight excluding hydrogens is 196 g/mol. The number of aliphatic hydroxyl groups excluding tert-OH is 1. The van der Waals surface area contributed by atoms with Crippen LogP contribution in [0.3, 0.4) is 0 Å². The van der Waals surface area contributed by atoms with Crippen molar-refractivity contribution >= 4 is 5.97 Å². The molecule has 0 bridgehead atoms. The lowest BCUT2D eigenvalue weighted by molar-refractivity contribution is -0.159. The molecule has 82 valence electrons. The lowest BCUT2D eigenvalue weighted by atomic mass is 10.0. The molecule has 0 radical (unpaired) electrons. The van der Waals surface area contributed by atoms with Crippen molar-refractivity contribution in [3.63, 3.8) is 0 Å². The fourth-order valence-electron chi connectivity index (χ4n) is 1.30. The first kappa shape index (κ1) is 11.7. The zero-order valence-electron chi connectivity index (χ0n) is 8.71. The predicted octanol–water partition coefficient (Wildman–Crippen LogP) is 0.908. The van der Waals surface area contributed by atoms with E-state index in [2.05, 4.69) is 4.74 Å². The second-order valence-corrected chi connectivity index (χ2v) is 3.03. The Morgan fingerprint density at radius 3 is 2.33 bits per heavy atom. The van der Waals surface area contributed by atoms with E-state index >= 15 is 0 Å². The molecular formula is C11H14O4. The van der Waals surface area contributed by atoms with E-state index < -0.39 is 18.2 Å². The quantitative estimate of drug-likeness (QED) is 0.750. The molecule has 0 unspecified atom stereocenters. The summed E-state index contributed by atoms with van der Waals surface area (Å²) in [6.45, 7) is 0. The number of hydrogen-bond donors (Lipinski definition) is 1. The van der Waals surface area contributed by atoms with E-state index in [1.807, 2.05) is 6.07 Å². The van der Waals surface area contributed by atoms with Crippen LogP contribution in [0, 0.1) is 0 Å². The van der Waals surface area contributed by atoms with Crippen molar-refractivity contribution in [1.29, 1.82) is 0 Å². The van der Waals surface area contributed by atoms with Gasteiger partial charge in [-0.15, -0.1) is 0 Å². The number of benzene rings is 1. The van der Waals surface area contributed by atoms with Crippen LogP contribution >= 0.6 is 0 Å². The van der Waals surface area contributed by atoms with Gasteiger partial charge < -0.3 is 14.6 Å². The van der Waals surface area contributed by atoms with Crippen LogP contribution in [-0.4, -0.2) is 31.4 Å². The summed E-state index contributed by atoms with van der Waals surface area (Å²) >= 11 is 0. The zero-order chi connectivity index (χ0) is 11.3. The standard InChI is InChI=1S/C11H14O4/c1-14-10(11(13)15-2)9(12)8-6-4-3-5-7-8/h3-7,9-10,12H,1-2H3/t9-,10+/m1/s1. The summed E-state index contributed by atoms with van der Waals surface area (Å²) in [6, 6.07) is 8.83. The van der Waals surface area contributed by atoms with Crippen LogP contribution in [0.4, 0.5) is 0 Å². The number of carbonyl (C=O) groups excluding carboxylic acids is 1. The van der Waals surface area contributed by atoms with E-state index in [1.54, 1.807) is 24.3 Å². The molecule has 1 N–H and O–H groups in total. The lowest BCUT2D eigenvalue weighted by Gasteiger charge is -2.19. The van der Waals surface area contributed by atoms with E-state index in [1.165, 1.54) is 14.2 Å². The Morgan fingerprint density at radius 2 is 1.87 bits per heavy atom. The highest BCUT2D eigenvalue weighted by Crippen LogP contribution is 2.19. The molecule has 0 aliphatic rings. The van der Waals surface area contributed by atoms with Gasteiger partial charge in [0, 0.05) is 7.11 Å². The minimum absolute atomic E-state index is 0.589. The molecule has 15 heavy (non-hydrogen) atoms. The average molecular weight is 210 g/mol. The molecule has 0 fully saturated rings. The van der Waals surface area contributed by atoms with Crippen molar-refractivity contribution in [1.82, 2.24) is 0 Å². The van der Waals surface area contributed by atoms with Gasteiger partial charge in [0.25, 0.3) is 0 Å². The number of carbonyl (C=O) groups is 1. The Balaban J connectivity index is 2.82. The van der Waals surface area contributed by atoms with Gasteiger partial charge >= 0.3 is 5.97 Å². The van der Waals surface area contributed by atoms with Gasteiger partial charge in [0.2, 0.25) is 0 Å². The molecule has 1 aromatic rings. The van der Waals surface area contributed by atoms with Crippen LogP contribution < -0.4 is 0 Å².